The lowest BCUT2D eigenvalue weighted by atomic mass is 10.0. The van der Waals surface area contributed by atoms with E-state index < -0.39 is 5.69 Å². The van der Waals surface area contributed by atoms with Gasteiger partial charge in [-0.25, -0.2) is 9.36 Å². The second-order valence-corrected chi connectivity index (χ2v) is 10.8. The fourth-order valence-corrected chi connectivity index (χ4v) is 5.36. The molecule has 1 aliphatic rings. The number of nitrogens with zero attached hydrogens (tertiary/aromatic N) is 5. The Labute approximate surface area is 238 Å². The molecule has 1 fully saturated rings. The smallest absolute Gasteiger partial charge is 0.355 e. The molecular formula is C31H32ClN5O3. The fraction of sp³-hybridized carbons (Fsp3) is 0.290. The van der Waals surface area contributed by atoms with Crippen LogP contribution in [-0.2, 0) is 4.79 Å². The minimum Gasteiger partial charge on any atom is -0.437 e. The molecule has 8 nitrogen and oxygen atoms in total. The van der Waals surface area contributed by atoms with Crippen LogP contribution in [0.15, 0.2) is 72.0 Å². The zero-order valence-electron chi connectivity index (χ0n) is 23.1. The molecule has 1 atom stereocenters. The maximum atomic E-state index is 13.8. The number of fused-ring (bicyclic) bond motifs is 1. The number of piperazine rings is 1. The molecule has 3 heterocycles. The van der Waals surface area contributed by atoms with Gasteiger partial charge in [-0.2, -0.15) is 9.97 Å². The molecule has 206 valence electrons. The maximum absolute atomic E-state index is 13.8. The first-order valence-electron chi connectivity index (χ1n) is 13.3. The summed E-state index contributed by atoms with van der Waals surface area (Å²) in [6.45, 7) is 13.2. The minimum atomic E-state index is -0.455. The summed E-state index contributed by atoms with van der Waals surface area (Å²) in [6.07, 6.45) is 1.32. The number of carbonyl (C=O) groups is 1. The van der Waals surface area contributed by atoms with Gasteiger partial charge in [0.2, 0.25) is 11.8 Å². The number of rotatable bonds is 6. The molecule has 0 radical (unpaired) electrons. The van der Waals surface area contributed by atoms with Crippen LogP contribution in [0.2, 0.25) is 5.02 Å². The van der Waals surface area contributed by atoms with E-state index in [-0.39, 0.29) is 23.7 Å². The lowest BCUT2D eigenvalue weighted by Gasteiger charge is -2.40. The van der Waals surface area contributed by atoms with Gasteiger partial charge in [0.25, 0.3) is 0 Å². The summed E-state index contributed by atoms with van der Waals surface area (Å²) in [6, 6.07) is 17.0. The number of anilines is 1. The molecule has 0 saturated carbocycles. The van der Waals surface area contributed by atoms with Gasteiger partial charge in [-0.05, 0) is 61.2 Å². The number of pyridine rings is 1. The van der Waals surface area contributed by atoms with Crippen molar-refractivity contribution in [1.82, 2.24) is 19.4 Å². The largest absolute Gasteiger partial charge is 0.437 e. The molecule has 1 saturated heterocycles. The van der Waals surface area contributed by atoms with Gasteiger partial charge in [-0.3, -0.25) is 4.79 Å². The van der Waals surface area contributed by atoms with Crippen molar-refractivity contribution in [2.45, 2.75) is 39.7 Å². The minimum absolute atomic E-state index is 0.103. The van der Waals surface area contributed by atoms with Crippen molar-refractivity contribution in [3.63, 3.8) is 0 Å². The molecule has 1 aliphatic heterocycles. The average Bonchev–Trinajstić information content (AvgIpc) is 2.93. The Morgan fingerprint density at radius 2 is 1.90 bits per heavy atom. The first kappa shape index (κ1) is 27.4. The van der Waals surface area contributed by atoms with E-state index in [1.807, 2.05) is 67.3 Å². The van der Waals surface area contributed by atoms with Crippen LogP contribution in [-0.4, -0.2) is 51.0 Å². The monoisotopic (exact) mass is 557 g/mol. The second kappa shape index (κ2) is 11.1. The van der Waals surface area contributed by atoms with Gasteiger partial charge in [0, 0.05) is 25.7 Å². The Hall–Kier alpha value is -4.17. The highest BCUT2D eigenvalue weighted by Crippen LogP contribution is 2.36. The van der Waals surface area contributed by atoms with Crippen LogP contribution in [0.5, 0.6) is 11.6 Å². The number of benzene rings is 2. The van der Waals surface area contributed by atoms with Crippen molar-refractivity contribution in [2.75, 3.05) is 24.5 Å². The number of amides is 1. The van der Waals surface area contributed by atoms with Crippen molar-refractivity contribution in [3.8, 4) is 17.3 Å². The third-order valence-electron chi connectivity index (χ3n) is 7.16. The first-order chi connectivity index (χ1) is 19.2. The predicted octanol–water partition coefficient (Wildman–Crippen LogP) is 5.88. The van der Waals surface area contributed by atoms with Gasteiger partial charge in [0.05, 0.1) is 11.1 Å². The quantitative estimate of drug-likeness (QED) is 0.275. The van der Waals surface area contributed by atoms with E-state index >= 15 is 0 Å². The molecule has 5 rings (SSSR count). The molecule has 0 aliphatic carbocycles. The summed E-state index contributed by atoms with van der Waals surface area (Å²) < 4.78 is 7.66. The van der Waals surface area contributed by atoms with Crippen LogP contribution in [0.25, 0.3) is 16.7 Å². The lowest BCUT2D eigenvalue weighted by Crippen LogP contribution is -2.54. The van der Waals surface area contributed by atoms with Crippen LogP contribution in [0, 0.1) is 6.92 Å². The van der Waals surface area contributed by atoms with Crippen LogP contribution in [0.4, 0.5) is 5.82 Å². The van der Waals surface area contributed by atoms with Gasteiger partial charge in [-0.15, -0.1) is 0 Å². The molecule has 0 spiro atoms. The summed E-state index contributed by atoms with van der Waals surface area (Å²) in [4.78, 5) is 39.3. The zero-order chi connectivity index (χ0) is 28.6. The number of halogens is 1. The first-order valence-corrected chi connectivity index (χ1v) is 13.7. The zero-order valence-corrected chi connectivity index (χ0v) is 23.9. The molecule has 0 bridgehead atoms. The number of para-hydroxylation sites is 1. The van der Waals surface area contributed by atoms with Crippen molar-refractivity contribution in [3.05, 3.63) is 93.9 Å². The molecule has 40 heavy (non-hydrogen) atoms. The van der Waals surface area contributed by atoms with Gasteiger partial charge in [0.1, 0.15) is 16.6 Å². The summed E-state index contributed by atoms with van der Waals surface area (Å²) >= 11 is 6.76. The summed E-state index contributed by atoms with van der Waals surface area (Å²) in [5.74, 6) is 1.31. The Bertz CT molecular complexity index is 1670. The predicted molar refractivity (Wildman–Crippen MR) is 159 cm³/mol. The molecule has 0 N–H and O–H groups in total. The van der Waals surface area contributed by atoms with E-state index in [9.17, 15) is 9.59 Å². The highest BCUT2D eigenvalue weighted by Gasteiger charge is 2.30. The number of aromatic nitrogens is 3. The number of carbonyl (C=O) groups excluding carboxylic acids is 1. The van der Waals surface area contributed by atoms with E-state index in [4.69, 9.17) is 21.3 Å². The van der Waals surface area contributed by atoms with Crippen LogP contribution < -0.4 is 15.3 Å². The van der Waals surface area contributed by atoms with E-state index in [2.05, 4.69) is 25.4 Å². The van der Waals surface area contributed by atoms with Gasteiger partial charge < -0.3 is 14.5 Å². The average molecular weight is 558 g/mol. The molecular weight excluding hydrogens is 526 g/mol. The SMILES string of the molecule is C=CC(=O)N1CCN(c2nc(=O)n(-c3ccccc3C(C)C)c3nc(Oc4cccc(C)c4)c(Cl)cc23)[C@@H](C)C1. The van der Waals surface area contributed by atoms with Crippen molar-refractivity contribution >= 4 is 34.4 Å². The standard InChI is InChI=1S/C31H32ClN5O3/c1-6-27(38)35-14-15-36(21(5)18-35)28-24-17-25(32)30(40-22-11-9-10-20(4)16-22)33-29(24)37(31(39)34-28)26-13-8-7-12-23(26)19(2)3/h6-13,16-17,19,21H,1,14-15,18H2,2-5H3/t21-/m0/s1. The van der Waals surface area contributed by atoms with Crippen molar-refractivity contribution < 1.29 is 9.53 Å². The van der Waals surface area contributed by atoms with E-state index in [0.29, 0.717) is 52.9 Å². The Morgan fingerprint density at radius 1 is 1.12 bits per heavy atom. The van der Waals surface area contributed by atoms with Crippen LogP contribution in [0.3, 0.4) is 0 Å². The summed E-state index contributed by atoms with van der Waals surface area (Å²) in [7, 11) is 0. The number of ether oxygens (including phenoxy) is 1. The van der Waals surface area contributed by atoms with Gasteiger partial charge in [-0.1, -0.05) is 62.4 Å². The van der Waals surface area contributed by atoms with Crippen molar-refractivity contribution in [1.29, 1.82) is 0 Å². The number of hydrogen-bond donors (Lipinski definition) is 0. The third-order valence-corrected chi connectivity index (χ3v) is 7.43. The molecule has 2 aromatic carbocycles. The lowest BCUT2D eigenvalue weighted by molar-refractivity contribution is -0.126. The Balaban J connectivity index is 1.72. The fourth-order valence-electron chi connectivity index (χ4n) is 5.17. The summed E-state index contributed by atoms with van der Waals surface area (Å²) in [5, 5.41) is 0.919. The van der Waals surface area contributed by atoms with Gasteiger partial charge >= 0.3 is 5.69 Å². The van der Waals surface area contributed by atoms with Crippen LogP contribution in [0.1, 0.15) is 37.8 Å². The summed E-state index contributed by atoms with van der Waals surface area (Å²) in [5.41, 5.74) is 2.67. The van der Waals surface area contributed by atoms with E-state index in [1.54, 1.807) is 11.0 Å². The molecule has 2 aromatic heterocycles. The highest BCUT2D eigenvalue weighted by molar-refractivity contribution is 6.32. The number of hydrogen-bond acceptors (Lipinski definition) is 6. The molecule has 4 aromatic rings. The molecule has 1 amide bonds. The van der Waals surface area contributed by atoms with Gasteiger partial charge in [0.15, 0.2) is 5.65 Å². The Morgan fingerprint density at radius 3 is 2.60 bits per heavy atom. The van der Waals surface area contributed by atoms with E-state index in [0.717, 1.165) is 11.1 Å². The highest BCUT2D eigenvalue weighted by atomic mass is 35.5. The maximum Gasteiger partial charge on any atom is 0.355 e. The topological polar surface area (TPSA) is 80.6 Å². The Kier molecular flexibility index (Phi) is 7.63. The van der Waals surface area contributed by atoms with Crippen LogP contribution >= 0.6 is 11.6 Å². The third kappa shape index (κ3) is 5.19. The number of aryl methyl sites for hydroxylation is 1. The molecule has 0 unspecified atom stereocenters. The van der Waals surface area contributed by atoms with E-state index in [1.165, 1.54) is 10.6 Å². The normalized spacial score (nSPS) is 15.5. The molecule has 9 heteroatoms. The second-order valence-electron chi connectivity index (χ2n) is 10.4. The van der Waals surface area contributed by atoms with Crippen molar-refractivity contribution in [2.24, 2.45) is 0 Å².